The number of benzene rings is 2. The van der Waals surface area contributed by atoms with Crippen molar-refractivity contribution in [1.82, 2.24) is 0 Å². The zero-order valence-corrected chi connectivity index (χ0v) is 15.5. The van der Waals surface area contributed by atoms with Crippen molar-refractivity contribution in [2.24, 2.45) is 4.99 Å². The summed E-state index contributed by atoms with van der Waals surface area (Å²) in [5.41, 5.74) is 2.31. The molecule has 1 aliphatic heterocycles. The third-order valence-corrected chi connectivity index (χ3v) is 6.00. The maximum absolute atomic E-state index is 14.1. The van der Waals surface area contributed by atoms with E-state index in [0.717, 1.165) is 15.8 Å². The second kappa shape index (κ2) is 8.88. The summed E-state index contributed by atoms with van der Waals surface area (Å²) in [6, 6.07) is 16.0. The Kier molecular flexibility index (Phi) is 6.31. The Labute approximate surface area is 160 Å². The van der Waals surface area contributed by atoms with Crippen LogP contribution >= 0.6 is 23.5 Å². The summed E-state index contributed by atoms with van der Waals surface area (Å²) in [5.74, 6) is 0.259. The number of hydrogen-bond acceptors (Lipinski definition) is 5. The second-order valence-corrected chi connectivity index (χ2v) is 7.68. The Morgan fingerprint density at radius 3 is 2.85 bits per heavy atom. The molecule has 0 unspecified atom stereocenters. The van der Waals surface area contributed by atoms with E-state index in [9.17, 15) is 9.18 Å². The normalized spacial score (nSPS) is 12.7. The third kappa shape index (κ3) is 4.45. The van der Waals surface area contributed by atoms with Crippen LogP contribution in [0.3, 0.4) is 0 Å². The SMILES string of the molecule is N#CCCN(C(=O)CSC1=Nc2ccccc2CS1)c1ccccc1F. The van der Waals surface area contributed by atoms with Gasteiger partial charge in [-0.2, -0.15) is 5.26 Å². The lowest BCUT2D eigenvalue weighted by Gasteiger charge is -2.22. The average Bonchev–Trinajstić information content (AvgIpc) is 2.67. The number of rotatable bonds is 5. The Bertz CT molecular complexity index is 879. The van der Waals surface area contributed by atoms with Crippen molar-refractivity contribution in [2.45, 2.75) is 12.2 Å². The predicted molar refractivity (Wildman–Crippen MR) is 106 cm³/mol. The summed E-state index contributed by atoms with van der Waals surface area (Å²) in [5, 5.41) is 8.83. The van der Waals surface area contributed by atoms with Gasteiger partial charge in [-0.05, 0) is 23.8 Å². The quantitative estimate of drug-likeness (QED) is 0.746. The molecule has 3 rings (SSSR count). The lowest BCUT2D eigenvalue weighted by molar-refractivity contribution is -0.116. The highest BCUT2D eigenvalue weighted by Crippen LogP contribution is 2.34. The number of anilines is 1. The zero-order valence-electron chi connectivity index (χ0n) is 13.9. The molecule has 1 heterocycles. The van der Waals surface area contributed by atoms with Gasteiger partial charge in [-0.3, -0.25) is 4.79 Å². The van der Waals surface area contributed by atoms with Crippen molar-refractivity contribution >= 4 is 45.2 Å². The first kappa shape index (κ1) is 18.5. The summed E-state index contributed by atoms with van der Waals surface area (Å²) in [4.78, 5) is 18.6. The highest BCUT2D eigenvalue weighted by atomic mass is 32.2. The number of halogens is 1. The fourth-order valence-electron chi connectivity index (χ4n) is 2.50. The molecule has 132 valence electrons. The molecule has 1 amide bonds. The number of carbonyl (C=O) groups is 1. The minimum atomic E-state index is -0.470. The van der Waals surface area contributed by atoms with Gasteiger partial charge in [0.25, 0.3) is 0 Å². The van der Waals surface area contributed by atoms with Crippen LogP contribution in [-0.4, -0.2) is 22.6 Å². The zero-order chi connectivity index (χ0) is 18.4. The molecular weight excluding hydrogens is 369 g/mol. The van der Waals surface area contributed by atoms with Gasteiger partial charge in [-0.25, -0.2) is 9.38 Å². The van der Waals surface area contributed by atoms with Gasteiger partial charge in [-0.15, -0.1) is 0 Å². The van der Waals surface area contributed by atoms with E-state index in [1.54, 1.807) is 30.0 Å². The van der Waals surface area contributed by atoms with E-state index in [-0.39, 0.29) is 30.3 Å². The van der Waals surface area contributed by atoms with Crippen LogP contribution < -0.4 is 4.90 Å². The van der Waals surface area contributed by atoms with Crippen LogP contribution in [-0.2, 0) is 10.5 Å². The number of amides is 1. The molecule has 26 heavy (non-hydrogen) atoms. The molecule has 7 heteroatoms. The van der Waals surface area contributed by atoms with Crippen molar-refractivity contribution in [3.8, 4) is 6.07 Å². The van der Waals surface area contributed by atoms with Gasteiger partial charge in [0.2, 0.25) is 5.91 Å². The van der Waals surface area contributed by atoms with Crippen LogP contribution in [0.5, 0.6) is 0 Å². The van der Waals surface area contributed by atoms with E-state index < -0.39 is 5.82 Å². The number of thioether (sulfide) groups is 2. The number of nitrogens with zero attached hydrogens (tertiary/aromatic N) is 3. The number of carbonyl (C=O) groups excluding carboxylic acids is 1. The van der Waals surface area contributed by atoms with E-state index in [1.807, 2.05) is 30.3 Å². The molecule has 2 aromatic carbocycles. The molecule has 1 aliphatic rings. The summed E-state index contributed by atoms with van der Waals surface area (Å²) in [6.45, 7) is 0.166. The lowest BCUT2D eigenvalue weighted by Crippen LogP contribution is -2.34. The molecule has 4 nitrogen and oxygen atoms in total. The highest BCUT2D eigenvalue weighted by molar-refractivity contribution is 8.38. The Morgan fingerprint density at radius 1 is 1.27 bits per heavy atom. The first-order chi connectivity index (χ1) is 12.7. The Hall–Kier alpha value is -2.30. The number of aliphatic imine (C=N–C) groups is 1. The van der Waals surface area contributed by atoms with Crippen LogP contribution in [0.1, 0.15) is 12.0 Å². The van der Waals surface area contributed by atoms with Crippen LogP contribution in [0.2, 0.25) is 0 Å². The molecule has 0 saturated carbocycles. The van der Waals surface area contributed by atoms with Crippen LogP contribution in [0.25, 0.3) is 0 Å². The van der Waals surface area contributed by atoms with E-state index in [4.69, 9.17) is 5.26 Å². The van der Waals surface area contributed by atoms with E-state index >= 15 is 0 Å². The molecule has 0 aromatic heterocycles. The minimum absolute atomic E-state index is 0.147. The van der Waals surface area contributed by atoms with Crippen LogP contribution in [0.15, 0.2) is 53.5 Å². The molecule has 0 radical (unpaired) electrons. The summed E-state index contributed by atoms with van der Waals surface area (Å²) < 4.78 is 14.9. The molecule has 0 atom stereocenters. The largest absolute Gasteiger partial charge is 0.308 e. The fraction of sp³-hybridized carbons (Fsp3) is 0.211. The number of nitriles is 1. The maximum Gasteiger partial charge on any atom is 0.237 e. The van der Waals surface area contributed by atoms with Gasteiger partial charge >= 0.3 is 0 Å². The van der Waals surface area contributed by atoms with Crippen LogP contribution in [0, 0.1) is 17.1 Å². The van der Waals surface area contributed by atoms with Crippen molar-refractivity contribution in [2.75, 3.05) is 17.2 Å². The minimum Gasteiger partial charge on any atom is -0.308 e. The first-order valence-corrected chi connectivity index (χ1v) is 10.00. The predicted octanol–water partition coefficient (Wildman–Crippen LogP) is 4.74. The second-order valence-electron chi connectivity index (χ2n) is 5.49. The molecule has 0 bridgehead atoms. The van der Waals surface area contributed by atoms with E-state index in [1.165, 1.54) is 28.3 Å². The van der Waals surface area contributed by atoms with Gasteiger partial charge in [0, 0.05) is 12.3 Å². The van der Waals surface area contributed by atoms with Gasteiger partial charge in [-0.1, -0.05) is 53.9 Å². The number of hydrogen-bond donors (Lipinski definition) is 0. The first-order valence-electron chi connectivity index (χ1n) is 8.03. The van der Waals surface area contributed by atoms with Crippen molar-refractivity contribution in [1.29, 1.82) is 5.26 Å². The molecule has 2 aromatic rings. The summed E-state index contributed by atoms with van der Waals surface area (Å²) in [6.07, 6.45) is 0.147. The number of fused-ring (bicyclic) bond motifs is 1. The standard InChI is InChI=1S/C19H16FN3OS2/c20-15-7-2-4-9-17(15)23(11-5-10-21)18(24)13-26-19-22-16-8-3-1-6-14(16)12-25-19/h1-4,6-9H,5,11-13H2. The van der Waals surface area contributed by atoms with Gasteiger partial charge in [0.1, 0.15) is 10.2 Å². The molecular formula is C19H16FN3OS2. The van der Waals surface area contributed by atoms with Gasteiger partial charge < -0.3 is 4.90 Å². The van der Waals surface area contributed by atoms with E-state index in [0.29, 0.717) is 0 Å². The monoisotopic (exact) mass is 385 g/mol. The van der Waals surface area contributed by atoms with Crippen molar-refractivity contribution in [3.63, 3.8) is 0 Å². The smallest absolute Gasteiger partial charge is 0.237 e. The third-order valence-electron chi connectivity index (χ3n) is 3.77. The summed E-state index contributed by atoms with van der Waals surface area (Å²) in [7, 11) is 0. The van der Waals surface area contributed by atoms with Crippen LogP contribution in [0.4, 0.5) is 15.8 Å². The maximum atomic E-state index is 14.1. The van der Waals surface area contributed by atoms with Gasteiger partial charge in [0.05, 0.1) is 29.6 Å². The molecule has 0 spiro atoms. The summed E-state index contributed by atoms with van der Waals surface area (Å²) >= 11 is 2.94. The molecule has 0 fully saturated rings. The van der Waals surface area contributed by atoms with E-state index in [2.05, 4.69) is 4.99 Å². The number of para-hydroxylation sites is 2. The molecule has 0 saturated heterocycles. The Morgan fingerprint density at radius 2 is 2.04 bits per heavy atom. The highest BCUT2D eigenvalue weighted by Gasteiger charge is 2.20. The average molecular weight is 385 g/mol. The molecule has 0 aliphatic carbocycles. The van der Waals surface area contributed by atoms with Gasteiger partial charge in [0.15, 0.2) is 0 Å². The topological polar surface area (TPSA) is 56.5 Å². The Balaban J connectivity index is 1.70. The lowest BCUT2D eigenvalue weighted by atomic mass is 10.2. The van der Waals surface area contributed by atoms with Crippen molar-refractivity contribution in [3.05, 3.63) is 59.9 Å². The van der Waals surface area contributed by atoms with Crippen molar-refractivity contribution < 1.29 is 9.18 Å². The molecule has 0 N–H and O–H groups in total. The fourth-order valence-corrected chi connectivity index (χ4v) is 4.44.